The fraction of sp³-hybridized carbons (Fsp3) is 0.455. The van der Waals surface area contributed by atoms with E-state index in [1.54, 1.807) is 16.6 Å². The quantitative estimate of drug-likeness (QED) is 0.113. The Morgan fingerprint density at radius 1 is 0.667 bits per heavy atom. The molecule has 6 heterocycles. The normalized spacial score (nSPS) is 25.1. The first-order valence-electron chi connectivity index (χ1n) is 20.1. The van der Waals surface area contributed by atoms with Crippen LogP contribution in [0.15, 0.2) is 97.6 Å². The Morgan fingerprint density at radius 2 is 1.19 bits per heavy atom. The first kappa shape index (κ1) is 40.3. The second-order valence-electron chi connectivity index (χ2n) is 15.3. The van der Waals surface area contributed by atoms with Crippen LogP contribution in [0, 0.1) is 11.8 Å². The Hall–Kier alpha value is -4.92. The fourth-order valence-electron chi connectivity index (χ4n) is 9.02. The third-order valence-corrected chi connectivity index (χ3v) is 12.6. The van der Waals surface area contributed by atoms with Gasteiger partial charge in [-0.15, -0.1) is 0 Å². The lowest BCUT2D eigenvalue weighted by Gasteiger charge is -2.32. The Kier molecular flexibility index (Phi) is 11.7. The smallest absolute Gasteiger partial charge is 0.238 e. The molecule has 13 nitrogen and oxygen atoms in total. The van der Waals surface area contributed by atoms with E-state index in [1.807, 2.05) is 65.2 Å². The number of fused-ring (bicyclic) bond motifs is 2. The molecule has 0 bridgehead atoms. The van der Waals surface area contributed by atoms with Crippen molar-refractivity contribution in [2.75, 3.05) is 11.5 Å². The van der Waals surface area contributed by atoms with Gasteiger partial charge < -0.3 is 35.5 Å². The van der Waals surface area contributed by atoms with Gasteiger partial charge in [0.2, 0.25) is 5.79 Å². The van der Waals surface area contributed by atoms with E-state index in [0.717, 1.165) is 48.0 Å². The number of nitrogens with two attached hydrogens (primary N) is 2. The molecule has 5 N–H and O–H groups in total. The molecule has 2 aliphatic rings. The summed E-state index contributed by atoms with van der Waals surface area (Å²) in [5, 5.41) is 20.6. The van der Waals surface area contributed by atoms with Crippen LogP contribution in [0.4, 0.5) is 11.6 Å². The number of aliphatic hydroxyl groups is 1. The van der Waals surface area contributed by atoms with E-state index in [4.69, 9.17) is 30.4 Å². The van der Waals surface area contributed by atoms with Crippen LogP contribution in [0.25, 0.3) is 11.0 Å². The van der Waals surface area contributed by atoms with E-state index < -0.39 is 17.5 Å². The molecule has 2 aromatic carbocycles. The molecule has 6 atom stereocenters. The molecule has 4 aromatic heterocycles. The SMILES string of the molecule is CCC1(CC)OC(O)(c2ccc3c(N)ncnn23)[C@H](OCc2ccccc2)[C@@H]1C.CCC1(CC)O[C@@H](c2ccc3c(N)ncnn23)[C@H](OCc2ccccc2)[C@@H]1C. The van der Waals surface area contributed by atoms with Crippen molar-refractivity contribution in [3.05, 3.63) is 120 Å². The predicted octanol–water partition coefficient (Wildman–Crippen LogP) is 7.43. The zero-order chi connectivity index (χ0) is 40.4. The zero-order valence-corrected chi connectivity index (χ0v) is 33.8. The lowest BCUT2D eigenvalue weighted by atomic mass is 9.81. The minimum Gasteiger partial charge on any atom is -0.382 e. The molecular weight excluding hydrogens is 721 g/mol. The largest absolute Gasteiger partial charge is 0.382 e. The van der Waals surface area contributed by atoms with Gasteiger partial charge in [0.15, 0.2) is 11.6 Å². The predicted molar refractivity (Wildman–Crippen MR) is 219 cm³/mol. The van der Waals surface area contributed by atoms with Gasteiger partial charge in [0.05, 0.1) is 36.2 Å². The molecule has 0 aliphatic carbocycles. The third kappa shape index (κ3) is 7.27. The van der Waals surface area contributed by atoms with Crippen LogP contribution in [0.5, 0.6) is 0 Å². The number of nitrogens with zero attached hydrogens (tertiary/aromatic N) is 6. The number of rotatable bonds is 12. The fourth-order valence-corrected chi connectivity index (χ4v) is 9.02. The number of benzene rings is 2. The van der Waals surface area contributed by atoms with E-state index in [0.29, 0.717) is 36.1 Å². The first-order valence-corrected chi connectivity index (χ1v) is 20.1. The van der Waals surface area contributed by atoms with Crippen LogP contribution in [0.1, 0.15) is 95.8 Å². The summed E-state index contributed by atoms with van der Waals surface area (Å²) in [5.74, 6) is -0.629. The van der Waals surface area contributed by atoms with Crippen molar-refractivity contribution < 1.29 is 24.1 Å². The van der Waals surface area contributed by atoms with E-state index in [1.165, 1.54) is 12.7 Å². The molecule has 0 spiro atoms. The Morgan fingerprint density at radius 3 is 1.77 bits per heavy atom. The van der Waals surface area contributed by atoms with Crippen LogP contribution in [-0.4, -0.2) is 57.7 Å². The molecule has 0 radical (unpaired) electrons. The molecule has 0 saturated carbocycles. The second-order valence-corrected chi connectivity index (χ2v) is 15.3. The van der Waals surface area contributed by atoms with Gasteiger partial charge in [0, 0.05) is 11.8 Å². The molecule has 0 amide bonds. The Labute approximate surface area is 334 Å². The van der Waals surface area contributed by atoms with Crippen molar-refractivity contribution >= 4 is 22.7 Å². The van der Waals surface area contributed by atoms with Gasteiger partial charge in [-0.1, -0.05) is 102 Å². The highest BCUT2D eigenvalue weighted by Gasteiger charge is 2.61. The summed E-state index contributed by atoms with van der Waals surface area (Å²) in [5.41, 5.74) is 16.4. The molecular formula is C44H56N8O5. The number of nitrogen functional groups attached to an aromatic ring is 2. The third-order valence-electron chi connectivity index (χ3n) is 12.6. The molecule has 6 aromatic rings. The molecule has 2 aliphatic heterocycles. The first-order chi connectivity index (χ1) is 27.5. The zero-order valence-electron chi connectivity index (χ0n) is 33.8. The summed E-state index contributed by atoms with van der Waals surface area (Å²) in [6, 6.07) is 27.7. The van der Waals surface area contributed by atoms with Gasteiger partial charge >= 0.3 is 0 Å². The van der Waals surface area contributed by atoms with Gasteiger partial charge in [0.1, 0.15) is 41.6 Å². The van der Waals surface area contributed by atoms with E-state index in [-0.39, 0.29) is 29.6 Å². The topological polar surface area (TPSA) is 170 Å². The Bertz CT molecular complexity index is 2240. The lowest BCUT2D eigenvalue weighted by Crippen LogP contribution is -2.41. The van der Waals surface area contributed by atoms with Crippen molar-refractivity contribution in [1.82, 2.24) is 29.2 Å². The minimum absolute atomic E-state index is 0.0315. The van der Waals surface area contributed by atoms with Crippen LogP contribution in [-0.2, 0) is 37.9 Å². The van der Waals surface area contributed by atoms with E-state index in [9.17, 15) is 5.11 Å². The van der Waals surface area contributed by atoms with Crippen LogP contribution < -0.4 is 11.5 Å². The summed E-state index contributed by atoms with van der Waals surface area (Å²) in [7, 11) is 0. The molecule has 8 rings (SSSR count). The molecule has 57 heavy (non-hydrogen) atoms. The minimum atomic E-state index is -1.66. The molecule has 2 fully saturated rings. The number of aromatic nitrogens is 6. The number of anilines is 2. The number of hydrogen-bond donors (Lipinski definition) is 3. The van der Waals surface area contributed by atoms with E-state index in [2.05, 4.69) is 73.8 Å². The highest BCUT2D eigenvalue weighted by Crippen LogP contribution is 2.52. The van der Waals surface area contributed by atoms with Gasteiger partial charge in [-0.3, -0.25) is 0 Å². The summed E-state index contributed by atoms with van der Waals surface area (Å²) in [4.78, 5) is 8.12. The summed E-state index contributed by atoms with van der Waals surface area (Å²) in [6.45, 7) is 13.8. The van der Waals surface area contributed by atoms with Gasteiger partial charge in [-0.2, -0.15) is 10.2 Å². The molecule has 13 heteroatoms. The average Bonchev–Trinajstić information content (AvgIpc) is 3.99. The Balaban J connectivity index is 0.000000174. The molecule has 302 valence electrons. The van der Waals surface area contributed by atoms with Crippen molar-refractivity contribution in [2.45, 2.75) is 116 Å². The van der Waals surface area contributed by atoms with Crippen LogP contribution >= 0.6 is 0 Å². The molecule has 1 unspecified atom stereocenters. The van der Waals surface area contributed by atoms with Crippen molar-refractivity contribution in [3.63, 3.8) is 0 Å². The van der Waals surface area contributed by atoms with E-state index >= 15 is 0 Å². The second kappa shape index (κ2) is 16.5. The highest BCUT2D eigenvalue weighted by molar-refractivity contribution is 5.66. The van der Waals surface area contributed by atoms with Gasteiger partial charge in [0.25, 0.3) is 0 Å². The van der Waals surface area contributed by atoms with Crippen molar-refractivity contribution in [3.8, 4) is 0 Å². The van der Waals surface area contributed by atoms with Crippen LogP contribution in [0.2, 0.25) is 0 Å². The maximum Gasteiger partial charge on any atom is 0.238 e. The monoisotopic (exact) mass is 776 g/mol. The molecule has 2 saturated heterocycles. The average molecular weight is 777 g/mol. The van der Waals surface area contributed by atoms with Crippen molar-refractivity contribution in [2.24, 2.45) is 11.8 Å². The van der Waals surface area contributed by atoms with Crippen molar-refractivity contribution in [1.29, 1.82) is 0 Å². The number of ether oxygens (including phenoxy) is 4. The summed E-state index contributed by atoms with van der Waals surface area (Å²) in [6.07, 6.45) is 5.40. The maximum absolute atomic E-state index is 11.9. The van der Waals surface area contributed by atoms with Gasteiger partial charge in [-0.05, 0) is 61.1 Å². The summed E-state index contributed by atoms with van der Waals surface area (Å²) >= 11 is 0. The van der Waals surface area contributed by atoms with Gasteiger partial charge in [-0.25, -0.2) is 19.0 Å². The number of hydrogen-bond acceptors (Lipinski definition) is 11. The summed E-state index contributed by atoms with van der Waals surface area (Å²) < 4.78 is 29.4. The maximum atomic E-state index is 11.9. The van der Waals surface area contributed by atoms with Crippen LogP contribution in [0.3, 0.4) is 0 Å². The standard InChI is InChI=1S/C22H28N4O3.C22H28N4O2/c1-4-21(5-2)15(3)19(28-13-16-9-7-6-8-10-16)22(27,29-21)18-12-11-17-20(23)24-14-25-26(17)18;1-4-22(5-2)15(3)19(27-13-16-9-7-6-8-10-16)20(28-22)17-11-12-18-21(23)24-14-25-26(17)18/h6-12,14-15,19,27H,4-5,13H2,1-3H3,(H2,23,24,25);6-12,14-15,19-20H,4-5,13H2,1-3H3,(H2,23,24,25)/t15-,19+,22?;15-,19+,20-/m00/s1. The highest BCUT2D eigenvalue weighted by atomic mass is 16.7. The lowest BCUT2D eigenvalue weighted by molar-refractivity contribution is -0.270.